The van der Waals surface area contributed by atoms with Gasteiger partial charge >= 0.3 is 0 Å². The minimum atomic E-state index is -0.0429. The first-order chi connectivity index (χ1) is 10.3. The molecular formula is C16H26N4O. The minimum Gasteiger partial charge on any atom is -0.384 e. The van der Waals surface area contributed by atoms with E-state index in [1.165, 1.54) is 19.3 Å². The maximum atomic E-state index is 12.3. The van der Waals surface area contributed by atoms with E-state index < -0.39 is 0 Å². The average Bonchev–Trinajstić information content (AvgIpc) is 2.54. The molecule has 116 valence electrons. The molecular weight excluding hydrogens is 264 g/mol. The van der Waals surface area contributed by atoms with Gasteiger partial charge in [-0.05, 0) is 38.4 Å². The highest BCUT2D eigenvalue weighted by atomic mass is 16.1. The summed E-state index contributed by atoms with van der Waals surface area (Å²) in [5.41, 5.74) is 1.49. The number of anilines is 1. The van der Waals surface area contributed by atoms with Gasteiger partial charge in [-0.25, -0.2) is 0 Å². The molecule has 0 unspecified atom stereocenters. The molecule has 1 amide bonds. The molecule has 1 aromatic heterocycles. The topological polar surface area (TPSA) is 57.3 Å². The van der Waals surface area contributed by atoms with Crippen LogP contribution in [-0.2, 0) is 0 Å². The van der Waals surface area contributed by atoms with Crippen LogP contribution < -0.4 is 10.6 Å². The van der Waals surface area contributed by atoms with Gasteiger partial charge in [-0.3, -0.25) is 9.78 Å². The molecule has 2 rings (SSSR count). The third kappa shape index (κ3) is 5.01. The fourth-order valence-electron chi connectivity index (χ4n) is 2.59. The van der Waals surface area contributed by atoms with Gasteiger partial charge in [0.15, 0.2) is 0 Å². The Hall–Kier alpha value is -1.62. The number of rotatable bonds is 7. The van der Waals surface area contributed by atoms with E-state index in [2.05, 4.69) is 27.4 Å². The minimum absolute atomic E-state index is 0.0429. The van der Waals surface area contributed by atoms with Crippen molar-refractivity contribution in [3.63, 3.8) is 0 Å². The largest absolute Gasteiger partial charge is 0.384 e. The summed E-state index contributed by atoms with van der Waals surface area (Å²) in [7, 11) is 0. The summed E-state index contributed by atoms with van der Waals surface area (Å²) < 4.78 is 0. The van der Waals surface area contributed by atoms with Crippen molar-refractivity contribution in [2.45, 2.75) is 32.6 Å². The number of carbonyl (C=O) groups excluding carboxylic acids is 1. The molecule has 21 heavy (non-hydrogen) atoms. The third-order valence-electron chi connectivity index (χ3n) is 3.79. The zero-order chi connectivity index (χ0) is 14.9. The van der Waals surface area contributed by atoms with Crippen LogP contribution in [0.25, 0.3) is 0 Å². The number of nitrogens with one attached hydrogen (secondary N) is 2. The van der Waals surface area contributed by atoms with Crippen molar-refractivity contribution in [3.8, 4) is 0 Å². The highest BCUT2D eigenvalue weighted by molar-refractivity contribution is 5.99. The summed E-state index contributed by atoms with van der Waals surface area (Å²) in [6, 6.07) is 1.86. The van der Waals surface area contributed by atoms with Crippen LogP contribution in [-0.4, -0.2) is 48.5 Å². The summed E-state index contributed by atoms with van der Waals surface area (Å²) in [5.74, 6) is -0.0429. The van der Waals surface area contributed by atoms with Crippen molar-refractivity contribution in [1.29, 1.82) is 0 Å². The number of likely N-dealkylation sites (tertiary alicyclic amines) is 1. The number of pyridine rings is 1. The monoisotopic (exact) mass is 290 g/mol. The van der Waals surface area contributed by atoms with E-state index in [1.54, 1.807) is 12.4 Å². The van der Waals surface area contributed by atoms with Gasteiger partial charge in [0.05, 0.1) is 11.3 Å². The molecule has 0 spiro atoms. The molecule has 5 heteroatoms. The Kier molecular flexibility index (Phi) is 6.47. The van der Waals surface area contributed by atoms with Crippen LogP contribution in [0.2, 0.25) is 0 Å². The van der Waals surface area contributed by atoms with Crippen molar-refractivity contribution in [2.75, 3.05) is 38.0 Å². The molecule has 2 heterocycles. The van der Waals surface area contributed by atoms with E-state index in [9.17, 15) is 4.79 Å². The summed E-state index contributed by atoms with van der Waals surface area (Å²) in [6.45, 7) is 6.91. The Bertz CT molecular complexity index is 444. The van der Waals surface area contributed by atoms with E-state index in [1.807, 2.05) is 6.07 Å². The Morgan fingerprint density at radius 2 is 2.10 bits per heavy atom. The number of carbonyl (C=O) groups is 1. The van der Waals surface area contributed by atoms with E-state index >= 15 is 0 Å². The van der Waals surface area contributed by atoms with Gasteiger partial charge in [-0.1, -0.05) is 13.3 Å². The summed E-state index contributed by atoms with van der Waals surface area (Å²) in [5, 5.41) is 6.27. The van der Waals surface area contributed by atoms with Gasteiger partial charge in [0.2, 0.25) is 0 Å². The predicted octanol–water partition coefficient (Wildman–Crippen LogP) is 2.12. The number of aromatic nitrogens is 1. The van der Waals surface area contributed by atoms with Crippen LogP contribution >= 0.6 is 0 Å². The normalized spacial score (nSPS) is 15.7. The molecule has 0 aliphatic carbocycles. The van der Waals surface area contributed by atoms with Crippen LogP contribution in [0.1, 0.15) is 43.0 Å². The van der Waals surface area contributed by atoms with E-state index in [-0.39, 0.29) is 5.91 Å². The van der Waals surface area contributed by atoms with Crippen molar-refractivity contribution in [1.82, 2.24) is 15.2 Å². The Labute approximate surface area is 127 Å². The van der Waals surface area contributed by atoms with Crippen LogP contribution in [0.4, 0.5) is 5.69 Å². The lowest BCUT2D eigenvalue weighted by molar-refractivity contribution is 0.0947. The lowest BCUT2D eigenvalue weighted by atomic mass is 10.1. The zero-order valence-electron chi connectivity index (χ0n) is 12.9. The average molecular weight is 290 g/mol. The van der Waals surface area contributed by atoms with E-state index in [0.717, 1.165) is 38.3 Å². The molecule has 1 saturated heterocycles. The van der Waals surface area contributed by atoms with Gasteiger partial charge in [0, 0.05) is 32.0 Å². The lowest BCUT2D eigenvalue weighted by Gasteiger charge is -2.26. The molecule has 0 aromatic carbocycles. The van der Waals surface area contributed by atoms with Gasteiger partial charge < -0.3 is 15.5 Å². The molecule has 0 bridgehead atoms. The highest BCUT2D eigenvalue weighted by Crippen LogP contribution is 2.13. The number of piperidine rings is 1. The number of hydrogen-bond donors (Lipinski definition) is 2. The lowest BCUT2D eigenvalue weighted by Crippen LogP contribution is -2.37. The van der Waals surface area contributed by atoms with Crippen molar-refractivity contribution >= 4 is 11.6 Å². The van der Waals surface area contributed by atoms with Crippen LogP contribution in [0.15, 0.2) is 18.5 Å². The molecule has 0 atom stereocenters. The summed E-state index contributed by atoms with van der Waals surface area (Å²) in [4.78, 5) is 18.7. The molecule has 1 aromatic rings. The molecule has 0 saturated carbocycles. The first-order valence-electron chi connectivity index (χ1n) is 7.99. The van der Waals surface area contributed by atoms with Crippen molar-refractivity contribution in [3.05, 3.63) is 24.0 Å². The molecule has 1 aliphatic rings. The Morgan fingerprint density at radius 3 is 2.86 bits per heavy atom. The third-order valence-corrected chi connectivity index (χ3v) is 3.79. The predicted molar refractivity (Wildman–Crippen MR) is 85.6 cm³/mol. The van der Waals surface area contributed by atoms with Crippen molar-refractivity contribution in [2.24, 2.45) is 0 Å². The Balaban J connectivity index is 1.82. The number of amides is 1. The molecule has 0 radical (unpaired) electrons. The first-order valence-corrected chi connectivity index (χ1v) is 7.99. The highest BCUT2D eigenvalue weighted by Gasteiger charge is 2.13. The van der Waals surface area contributed by atoms with Gasteiger partial charge in [0.25, 0.3) is 5.91 Å². The molecule has 1 fully saturated rings. The first kappa shape index (κ1) is 15.8. The summed E-state index contributed by atoms with van der Waals surface area (Å²) >= 11 is 0. The number of nitrogens with zero attached hydrogens (tertiary/aromatic N) is 2. The second-order valence-electron chi connectivity index (χ2n) is 5.51. The second-order valence-corrected chi connectivity index (χ2v) is 5.51. The maximum absolute atomic E-state index is 12.3. The molecule has 5 nitrogen and oxygen atoms in total. The SMILES string of the molecule is CCCNc1ccncc1C(=O)NCCN1CCCCC1. The standard InChI is InChI=1S/C16H26N4O/c1-2-7-18-15-6-8-17-13-14(15)16(21)19-9-12-20-10-4-3-5-11-20/h6,8,13H,2-5,7,9-12H2,1H3,(H,17,18)(H,19,21). The smallest absolute Gasteiger partial charge is 0.254 e. The molecule has 1 aliphatic heterocycles. The maximum Gasteiger partial charge on any atom is 0.254 e. The quantitative estimate of drug-likeness (QED) is 0.807. The van der Waals surface area contributed by atoms with E-state index in [4.69, 9.17) is 0 Å². The Morgan fingerprint density at radius 1 is 1.29 bits per heavy atom. The van der Waals surface area contributed by atoms with Gasteiger partial charge in [-0.2, -0.15) is 0 Å². The fraction of sp³-hybridized carbons (Fsp3) is 0.625. The van der Waals surface area contributed by atoms with Crippen LogP contribution in [0.5, 0.6) is 0 Å². The molecule has 2 N–H and O–H groups in total. The summed E-state index contributed by atoms with van der Waals surface area (Å²) in [6.07, 6.45) is 8.27. The fourth-order valence-corrected chi connectivity index (χ4v) is 2.59. The van der Waals surface area contributed by atoms with Crippen molar-refractivity contribution < 1.29 is 4.79 Å². The number of hydrogen-bond acceptors (Lipinski definition) is 4. The van der Waals surface area contributed by atoms with E-state index in [0.29, 0.717) is 12.1 Å². The van der Waals surface area contributed by atoms with Crippen LogP contribution in [0.3, 0.4) is 0 Å². The van der Waals surface area contributed by atoms with Gasteiger partial charge in [0.1, 0.15) is 0 Å². The second kappa shape index (κ2) is 8.62. The van der Waals surface area contributed by atoms with Crippen LogP contribution in [0, 0.1) is 0 Å². The zero-order valence-corrected chi connectivity index (χ0v) is 12.9. The van der Waals surface area contributed by atoms with Gasteiger partial charge in [-0.15, -0.1) is 0 Å².